The van der Waals surface area contributed by atoms with E-state index in [1.807, 2.05) is 0 Å². The zero-order valence-electron chi connectivity index (χ0n) is 20.0. The van der Waals surface area contributed by atoms with Crippen molar-refractivity contribution in [2.45, 2.75) is 76.4 Å². The zero-order valence-corrected chi connectivity index (χ0v) is 20.0. The summed E-state index contributed by atoms with van der Waals surface area (Å²) in [5, 5.41) is 3.96. The van der Waals surface area contributed by atoms with E-state index in [9.17, 15) is 0 Å². The lowest BCUT2D eigenvalue weighted by molar-refractivity contribution is 0.195. The third-order valence-corrected chi connectivity index (χ3v) is 8.64. The third kappa shape index (κ3) is 4.03. The molecule has 6 atom stereocenters. The third-order valence-electron chi connectivity index (χ3n) is 8.64. The van der Waals surface area contributed by atoms with Crippen molar-refractivity contribution in [3.63, 3.8) is 0 Å². The van der Waals surface area contributed by atoms with Crippen LogP contribution in [0.3, 0.4) is 0 Å². The quantitative estimate of drug-likeness (QED) is 0.480. The first-order chi connectivity index (χ1) is 16.3. The number of nitrogens with one attached hydrogen (secondary N) is 1. The maximum absolute atomic E-state index is 3.96. The van der Waals surface area contributed by atoms with Crippen LogP contribution in [-0.4, -0.2) is 23.0 Å². The van der Waals surface area contributed by atoms with Crippen LogP contribution >= 0.6 is 0 Å². The first kappa shape index (κ1) is 21.1. The molecule has 0 spiro atoms. The van der Waals surface area contributed by atoms with E-state index >= 15 is 0 Å². The fourth-order valence-electron chi connectivity index (χ4n) is 6.94. The van der Waals surface area contributed by atoms with Gasteiger partial charge in [0, 0.05) is 35.3 Å². The Morgan fingerprint density at radius 3 is 2.58 bits per heavy atom. The highest BCUT2D eigenvalue weighted by Crippen LogP contribution is 2.47. The zero-order chi connectivity index (χ0) is 22.2. The molecule has 0 fully saturated rings. The minimum absolute atomic E-state index is 0.473. The van der Waals surface area contributed by atoms with Crippen molar-refractivity contribution in [1.29, 1.82) is 0 Å². The standard InChI is InChI=1S/C31H38N2/c1-22-14-18-25(19-15-22)32-28-11-7-13-30-31(28)27-10-5-6-12-29(27)33(30)26-20-16-24(17-21-26)23-8-3-2-4-9-23/h2-6,8,10,12,14,16,18-19,22-23,26-29,32H,7,9,11,13,15,17,20-21H2,1H3. The molecule has 172 valence electrons. The van der Waals surface area contributed by atoms with Crippen molar-refractivity contribution in [1.82, 2.24) is 10.2 Å². The smallest absolute Gasteiger partial charge is 0.0578 e. The number of hydrogen-bond acceptors (Lipinski definition) is 2. The van der Waals surface area contributed by atoms with E-state index in [0.29, 0.717) is 35.9 Å². The summed E-state index contributed by atoms with van der Waals surface area (Å²) in [4.78, 5) is 2.87. The molecule has 6 unspecified atom stereocenters. The molecule has 2 nitrogen and oxygen atoms in total. The van der Waals surface area contributed by atoms with Crippen LogP contribution < -0.4 is 5.32 Å². The van der Waals surface area contributed by atoms with Crippen LogP contribution in [0.2, 0.25) is 0 Å². The molecule has 1 heterocycles. The van der Waals surface area contributed by atoms with Crippen LogP contribution in [0.15, 0.2) is 95.5 Å². The summed E-state index contributed by atoms with van der Waals surface area (Å²) in [5.41, 5.74) is 6.36. The number of hydrogen-bond donors (Lipinski definition) is 1. The van der Waals surface area contributed by atoms with Gasteiger partial charge >= 0.3 is 0 Å². The van der Waals surface area contributed by atoms with Crippen molar-refractivity contribution >= 4 is 0 Å². The number of allylic oxidation sites excluding steroid dienone is 11. The van der Waals surface area contributed by atoms with Gasteiger partial charge < -0.3 is 10.2 Å². The second kappa shape index (κ2) is 9.05. The molecule has 6 aliphatic rings. The molecule has 0 aromatic heterocycles. The predicted molar refractivity (Wildman–Crippen MR) is 138 cm³/mol. The number of nitrogens with zero attached hydrogens (tertiary/aromatic N) is 1. The SMILES string of the molecule is CC1C=CC(NC2CCCC3=C2C2C=CC=CC2N3C2CC=C(C3C=CC=CC3)CC2)=CC1. The van der Waals surface area contributed by atoms with E-state index in [1.54, 1.807) is 16.8 Å². The summed E-state index contributed by atoms with van der Waals surface area (Å²) >= 11 is 0. The summed E-state index contributed by atoms with van der Waals surface area (Å²) in [7, 11) is 0. The molecule has 5 aliphatic carbocycles. The molecule has 0 saturated heterocycles. The van der Waals surface area contributed by atoms with E-state index in [-0.39, 0.29) is 0 Å². The maximum Gasteiger partial charge on any atom is 0.0578 e. The van der Waals surface area contributed by atoms with Gasteiger partial charge in [-0.25, -0.2) is 0 Å². The van der Waals surface area contributed by atoms with E-state index in [1.165, 1.54) is 50.6 Å². The van der Waals surface area contributed by atoms with Crippen molar-refractivity contribution in [2.75, 3.05) is 0 Å². The lowest BCUT2D eigenvalue weighted by Gasteiger charge is -2.40. The minimum atomic E-state index is 0.473. The Morgan fingerprint density at radius 2 is 1.79 bits per heavy atom. The lowest BCUT2D eigenvalue weighted by atomic mass is 9.81. The fraction of sp³-hybridized carbons (Fsp3) is 0.484. The molecule has 1 aliphatic heterocycles. The van der Waals surface area contributed by atoms with Crippen LogP contribution in [0.5, 0.6) is 0 Å². The molecule has 0 aromatic carbocycles. The molecule has 0 bridgehead atoms. The van der Waals surface area contributed by atoms with Crippen LogP contribution in [0.4, 0.5) is 0 Å². The average Bonchev–Trinajstić information content (AvgIpc) is 3.21. The van der Waals surface area contributed by atoms with Crippen molar-refractivity contribution in [3.8, 4) is 0 Å². The van der Waals surface area contributed by atoms with Gasteiger partial charge in [-0.05, 0) is 68.9 Å². The summed E-state index contributed by atoms with van der Waals surface area (Å²) < 4.78 is 0. The van der Waals surface area contributed by atoms with Gasteiger partial charge in [0.2, 0.25) is 0 Å². The summed E-state index contributed by atoms with van der Waals surface area (Å²) in [5.74, 6) is 1.84. The summed E-state index contributed by atoms with van der Waals surface area (Å²) in [6, 6.07) is 1.62. The second-order valence-electron chi connectivity index (χ2n) is 10.8. The minimum Gasteiger partial charge on any atom is -0.379 e. The Morgan fingerprint density at radius 1 is 0.879 bits per heavy atom. The van der Waals surface area contributed by atoms with E-state index < -0.39 is 0 Å². The first-order valence-electron chi connectivity index (χ1n) is 13.3. The topological polar surface area (TPSA) is 15.3 Å². The first-order valence-corrected chi connectivity index (χ1v) is 13.3. The van der Waals surface area contributed by atoms with E-state index in [4.69, 9.17) is 0 Å². The number of rotatable bonds is 4. The highest BCUT2D eigenvalue weighted by atomic mass is 15.2. The molecule has 0 radical (unpaired) electrons. The molecule has 0 aromatic rings. The van der Waals surface area contributed by atoms with Crippen LogP contribution in [0.1, 0.15) is 58.3 Å². The Balaban J connectivity index is 1.25. The van der Waals surface area contributed by atoms with Gasteiger partial charge in [0.1, 0.15) is 0 Å². The normalized spacial score (nSPS) is 37.1. The molecule has 33 heavy (non-hydrogen) atoms. The van der Waals surface area contributed by atoms with E-state index in [0.717, 1.165) is 6.42 Å². The molecule has 2 heteroatoms. The molecule has 0 amide bonds. The average molecular weight is 439 g/mol. The summed E-state index contributed by atoms with van der Waals surface area (Å²) in [6.45, 7) is 2.30. The van der Waals surface area contributed by atoms with Gasteiger partial charge in [-0.2, -0.15) is 0 Å². The van der Waals surface area contributed by atoms with Gasteiger partial charge in [-0.3, -0.25) is 0 Å². The van der Waals surface area contributed by atoms with Crippen molar-refractivity contribution < 1.29 is 0 Å². The summed E-state index contributed by atoms with van der Waals surface area (Å²) in [6.07, 6.45) is 38.2. The Kier molecular flexibility index (Phi) is 5.78. The van der Waals surface area contributed by atoms with Gasteiger partial charge in [-0.1, -0.05) is 79.3 Å². The van der Waals surface area contributed by atoms with Crippen molar-refractivity contribution in [3.05, 3.63) is 95.5 Å². The molecule has 0 saturated carbocycles. The largest absolute Gasteiger partial charge is 0.379 e. The fourth-order valence-corrected chi connectivity index (χ4v) is 6.94. The molecular weight excluding hydrogens is 400 g/mol. The van der Waals surface area contributed by atoms with Crippen LogP contribution in [-0.2, 0) is 0 Å². The lowest BCUT2D eigenvalue weighted by Crippen LogP contribution is -2.41. The monoisotopic (exact) mass is 438 g/mol. The maximum atomic E-state index is 3.96. The van der Waals surface area contributed by atoms with Gasteiger partial charge in [0.15, 0.2) is 0 Å². The number of fused-ring (bicyclic) bond motifs is 2. The molecular formula is C31H38N2. The van der Waals surface area contributed by atoms with Gasteiger partial charge in [-0.15, -0.1) is 0 Å². The van der Waals surface area contributed by atoms with Gasteiger partial charge in [0.05, 0.1) is 6.04 Å². The van der Waals surface area contributed by atoms with Crippen LogP contribution in [0.25, 0.3) is 0 Å². The van der Waals surface area contributed by atoms with Gasteiger partial charge in [0.25, 0.3) is 0 Å². The highest BCUT2D eigenvalue weighted by molar-refractivity contribution is 5.42. The Labute approximate surface area is 199 Å². The van der Waals surface area contributed by atoms with Crippen LogP contribution in [0, 0.1) is 17.8 Å². The van der Waals surface area contributed by atoms with E-state index in [2.05, 4.69) is 90.1 Å². The molecule has 6 rings (SSSR count). The predicted octanol–water partition coefficient (Wildman–Crippen LogP) is 6.90. The highest BCUT2D eigenvalue weighted by Gasteiger charge is 2.45. The Hall–Kier alpha value is -2.48. The second-order valence-corrected chi connectivity index (χ2v) is 10.8. The molecule has 1 N–H and O–H groups in total. The Bertz CT molecular complexity index is 1010. The van der Waals surface area contributed by atoms with Crippen molar-refractivity contribution in [2.24, 2.45) is 17.8 Å².